The molecule has 0 amide bonds. The number of nitrogens with zero attached hydrogens (tertiary/aromatic N) is 2. The maximum absolute atomic E-state index is 4.57. The van der Waals surface area contributed by atoms with Gasteiger partial charge in [-0.25, -0.2) is 4.98 Å². The molecule has 0 spiro atoms. The minimum Gasteiger partial charge on any atom is -0.357 e. The van der Waals surface area contributed by atoms with Crippen LogP contribution in [0.3, 0.4) is 0 Å². The van der Waals surface area contributed by atoms with Crippen molar-refractivity contribution in [1.29, 1.82) is 0 Å². The van der Waals surface area contributed by atoms with E-state index in [1.54, 1.807) is 11.3 Å². The highest BCUT2D eigenvalue weighted by Gasteiger charge is 2.02. The average Bonchev–Trinajstić information content (AvgIpc) is 2.95. The molecular weight excluding hydrogens is 292 g/mol. The molecule has 2 N–H and O–H groups in total. The Kier molecular flexibility index (Phi) is 6.40. The van der Waals surface area contributed by atoms with Crippen LogP contribution in [0, 0.1) is 6.92 Å². The number of guanidine groups is 1. The first kappa shape index (κ1) is 16.5. The fourth-order valence-corrected chi connectivity index (χ4v) is 2.77. The molecule has 0 saturated heterocycles. The molecule has 1 aromatic carbocycles. The van der Waals surface area contributed by atoms with Gasteiger partial charge < -0.3 is 10.6 Å². The van der Waals surface area contributed by atoms with Gasteiger partial charge >= 0.3 is 0 Å². The van der Waals surface area contributed by atoms with Crippen LogP contribution in [0.1, 0.15) is 24.4 Å². The van der Waals surface area contributed by atoms with Crippen LogP contribution in [0.5, 0.6) is 0 Å². The highest BCUT2D eigenvalue weighted by Crippen LogP contribution is 2.21. The van der Waals surface area contributed by atoms with Crippen molar-refractivity contribution in [2.75, 3.05) is 19.6 Å². The molecule has 0 aliphatic carbocycles. The van der Waals surface area contributed by atoms with Gasteiger partial charge in [-0.15, -0.1) is 11.3 Å². The molecule has 0 aliphatic rings. The van der Waals surface area contributed by atoms with Crippen LogP contribution in [0.15, 0.2) is 34.6 Å². The molecule has 0 atom stereocenters. The van der Waals surface area contributed by atoms with Gasteiger partial charge in [0.05, 0.1) is 10.7 Å². The Morgan fingerprint density at radius 2 is 1.82 bits per heavy atom. The van der Waals surface area contributed by atoms with Gasteiger partial charge in [-0.3, -0.25) is 4.99 Å². The summed E-state index contributed by atoms with van der Waals surface area (Å²) in [6, 6.07) is 8.62. The Bertz CT molecular complexity index is 593. The van der Waals surface area contributed by atoms with Crippen LogP contribution in [-0.2, 0) is 6.42 Å². The van der Waals surface area contributed by atoms with E-state index in [9.17, 15) is 0 Å². The lowest BCUT2D eigenvalue weighted by Crippen LogP contribution is -2.37. The topological polar surface area (TPSA) is 49.3 Å². The SMILES string of the molecule is CCNC(=NCCc1ccc(-c2csc(C)n2)cc1)NCC. The van der Waals surface area contributed by atoms with Crippen molar-refractivity contribution >= 4 is 17.3 Å². The molecule has 4 nitrogen and oxygen atoms in total. The second-order valence-corrected chi connectivity index (χ2v) is 6.05. The van der Waals surface area contributed by atoms with Gasteiger partial charge in [0.15, 0.2) is 5.96 Å². The van der Waals surface area contributed by atoms with Gasteiger partial charge in [0.25, 0.3) is 0 Å². The van der Waals surface area contributed by atoms with Crippen molar-refractivity contribution in [2.24, 2.45) is 4.99 Å². The Labute approximate surface area is 136 Å². The summed E-state index contributed by atoms with van der Waals surface area (Å²) in [5, 5.41) is 9.68. The first-order valence-corrected chi connectivity index (χ1v) is 8.64. The van der Waals surface area contributed by atoms with Crippen molar-refractivity contribution in [3.63, 3.8) is 0 Å². The number of aryl methyl sites for hydroxylation is 1. The third kappa shape index (κ3) is 4.84. The zero-order valence-electron chi connectivity index (χ0n) is 13.5. The maximum atomic E-state index is 4.57. The molecule has 118 valence electrons. The van der Waals surface area contributed by atoms with Crippen LogP contribution >= 0.6 is 11.3 Å². The summed E-state index contributed by atoms with van der Waals surface area (Å²) in [7, 11) is 0. The zero-order valence-corrected chi connectivity index (χ0v) is 14.3. The average molecular weight is 316 g/mol. The quantitative estimate of drug-likeness (QED) is 0.635. The molecule has 2 rings (SSSR count). The van der Waals surface area contributed by atoms with E-state index in [-0.39, 0.29) is 0 Å². The van der Waals surface area contributed by atoms with Crippen LogP contribution in [0.25, 0.3) is 11.3 Å². The van der Waals surface area contributed by atoms with E-state index >= 15 is 0 Å². The highest BCUT2D eigenvalue weighted by atomic mass is 32.1. The van der Waals surface area contributed by atoms with Crippen molar-refractivity contribution in [1.82, 2.24) is 15.6 Å². The molecule has 1 aromatic heterocycles. The van der Waals surface area contributed by atoms with E-state index in [4.69, 9.17) is 0 Å². The number of aliphatic imine (C=N–C) groups is 1. The number of aromatic nitrogens is 1. The number of thiazole rings is 1. The van der Waals surface area contributed by atoms with Crippen molar-refractivity contribution in [2.45, 2.75) is 27.2 Å². The van der Waals surface area contributed by atoms with E-state index in [2.05, 4.69) is 64.1 Å². The molecule has 0 bridgehead atoms. The number of rotatable bonds is 6. The van der Waals surface area contributed by atoms with E-state index < -0.39 is 0 Å². The molecule has 2 aromatic rings. The molecule has 0 unspecified atom stereocenters. The zero-order chi connectivity index (χ0) is 15.8. The lowest BCUT2D eigenvalue weighted by molar-refractivity contribution is 0.833. The predicted molar refractivity (Wildman–Crippen MR) is 95.6 cm³/mol. The molecular formula is C17H24N4S. The third-order valence-electron chi connectivity index (χ3n) is 3.23. The second-order valence-electron chi connectivity index (χ2n) is 4.99. The van der Waals surface area contributed by atoms with Gasteiger partial charge in [-0.2, -0.15) is 0 Å². The molecule has 22 heavy (non-hydrogen) atoms. The summed E-state index contributed by atoms with van der Waals surface area (Å²) in [6.07, 6.45) is 0.941. The largest absolute Gasteiger partial charge is 0.357 e. The van der Waals surface area contributed by atoms with E-state index in [0.717, 1.165) is 42.7 Å². The maximum Gasteiger partial charge on any atom is 0.191 e. The minimum absolute atomic E-state index is 0.782. The summed E-state index contributed by atoms with van der Waals surface area (Å²) in [4.78, 5) is 9.08. The summed E-state index contributed by atoms with van der Waals surface area (Å²) in [5.74, 6) is 0.888. The normalized spacial score (nSPS) is 10.3. The Morgan fingerprint density at radius 3 is 2.36 bits per heavy atom. The van der Waals surface area contributed by atoms with Crippen molar-refractivity contribution in [3.05, 3.63) is 40.2 Å². The number of benzene rings is 1. The smallest absolute Gasteiger partial charge is 0.191 e. The van der Waals surface area contributed by atoms with Crippen LogP contribution in [0.2, 0.25) is 0 Å². The second kappa shape index (κ2) is 8.54. The van der Waals surface area contributed by atoms with Crippen LogP contribution < -0.4 is 10.6 Å². The summed E-state index contributed by atoms with van der Waals surface area (Å²) in [6.45, 7) is 8.73. The molecule has 1 heterocycles. The Hall–Kier alpha value is -1.88. The van der Waals surface area contributed by atoms with Gasteiger partial charge in [0, 0.05) is 30.6 Å². The first-order chi connectivity index (χ1) is 10.7. The fourth-order valence-electron chi connectivity index (χ4n) is 2.14. The predicted octanol–water partition coefficient (Wildman–Crippen LogP) is 3.24. The third-order valence-corrected chi connectivity index (χ3v) is 4.00. The van der Waals surface area contributed by atoms with E-state index in [1.807, 2.05) is 6.92 Å². The molecule has 0 radical (unpaired) electrons. The molecule has 0 saturated carbocycles. The van der Waals surface area contributed by atoms with Gasteiger partial charge in [-0.1, -0.05) is 24.3 Å². The lowest BCUT2D eigenvalue weighted by atomic mass is 10.1. The first-order valence-electron chi connectivity index (χ1n) is 7.76. The van der Waals surface area contributed by atoms with Gasteiger partial charge in [0.1, 0.15) is 0 Å². The minimum atomic E-state index is 0.782. The number of hydrogen-bond donors (Lipinski definition) is 2. The highest BCUT2D eigenvalue weighted by molar-refractivity contribution is 7.09. The summed E-state index contributed by atoms with van der Waals surface area (Å²) >= 11 is 1.69. The fraction of sp³-hybridized carbons (Fsp3) is 0.412. The molecule has 0 aliphatic heterocycles. The number of hydrogen-bond acceptors (Lipinski definition) is 3. The van der Waals surface area contributed by atoms with E-state index in [1.165, 1.54) is 11.1 Å². The number of nitrogens with one attached hydrogen (secondary N) is 2. The van der Waals surface area contributed by atoms with Crippen LogP contribution in [-0.4, -0.2) is 30.6 Å². The summed E-state index contributed by atoms with van der Waals surface area (Å²) < 4.78 is 0. The van der Waals surface area contributed by atoms with Gasteiger partial charge in [0.2, 0.25) is 0 Å². The standard InChI is InChI=1S/C17H24N4S/c1-4-18-17(19-5-2)20-11-10-14-6-8-15(9-7-14)16-12-22-13(3)21-16/h6-9,12H,4-5,10-11H2,1-3H3,(H2,18,19,20). The monoisotopic (exact) mass is 316 g/mol. The molecule has 0 fully saturated rings. The summed E-state index contributed by atoms with van der Waals surface area (Å²) in [5.41, 5.74) is 3.54. The Morgan fingerprint density at radius 1 is 1.14 bits per heavy atom. The Balaban J connectivity index is 1.92. The van der Waals surface area contributed by atoms with E-state index in [0.29, 0.717) is 0 Å². The van der Waals surface area contributed by atoms with Crippen molar-refractivity contribution < 1.29 is 0 Å². The van der Waals surface area contributed by atoms with Crippen molar-refractivity contribution in [3.8, 4) is 11.3 Å². The lowest BCUT2D eigenvalue weighted by Gasteiger charge is -2.09. The molecule has 5 heteroatoms. The van der Waals surface area contributed by atoms with Crippen LogP contribution in [0.4, 0.5) is 0 Å². The van der Waals surface area contributed by atoms with Gasteiger partial charge in [-0.05, 0) is 32.8 Å².